The van der Waals surface area contributed by atoms with E-state index in [2.05, 4.69) is 16.4 Å². The van der Waals surface area contributed by atoms with E-state index in [1.807, 2.05) is 45.0 Å². The van der Waals surface area contributed by atoms with Gasteiger partial charge in [-0.3, -0.25) is 4.79 Å². The van der Waals surface area contributed by atoms with Crippen LogP contribution in [-0.2, 0) is 9.53 Å². The van der Waals surface area contributed by atoms with Crippen molar-refractivity contribution in [2.24, 2.45) is 5.92 Å². The number of esters is 1. The summed E-state index contributed by atoms with van der Waals surface area (Å²) in [6.45, 7) is 6.83. The molecule has 1 atom stereocenters. The molecule has 0 unspecified atom stereocenters. The minimum absolute atomic E-state index is 0.0898. The first-order valence-corrected chi connectivity index (χ1v) is 9.65. The van der Waals surface area contributed by atoms with Crippen molar-refractivity contribution in [1.82, 2.24) is 10.3 Å². The molecule has 0 bridgehead atoms. The van der Waals surface area contributed by atoms with Crippen LogP contribution in [-0.4, -0.2) is 29.0 Å². The Labute approximate surface area is 169 Å². The zero-order valence-electron chi connectivity index (χ0n) is 16.4. The van der Waals surface area contributed by atoms with Crippen molar-refractivity contribution in [3.63, 3.8) is 0 Å². The monoisotopic (exact) mass is 397 g/mol. The van der Waals surface area contributed by atoms with E-state index < -0.39 is 24.0 Å². The van der Waals surface area contributed by atoms with E-state index in [4.69, 9.17) is 4.74 Å². The van der Waals surface area contributed by atoms with Gasteiger partial charge in [0.25, 0.3) is 5.91 Å². The van der Waals surface area contributed by atoms with Gasteiger partial charge in [0.2, 0.25) is 0 Å². The number of rotatable bonds is 7. The van der Waals surface area contributed by atoms with Gasteiger partial charge in [0.1, 0.15) is 10.6 Å². The summed E-state index contributed by atoms with van der Waals surface area (Å²) in [6.07, 6.45) is 1.60. The predicted octanol–water partition coefficient (Wildman–Crippen LogP) is 3.75. The maximum Gasteiger partial charge on any atom is 0.341 e. The number of aryl methyl sites for hydroxylation is 1. The number of pyridine rings is 1. The molecule has 0 aliphatic rings. The predicted molar refractivity (Wildman–Crippen MR) is 107 cm³/mol. The average molecular weight is 398 g/mol. The first-order valence-electron chi connectivity index (χ1n) is 8.84. The summed E-state index contributed by atoms with van der Waals surface area (Å²) in [5.74, 6) is -1.25. The number of amides is 1. The van der Waals surface area contributed by atoms with Gasteiger partial charge in [0, 0.05) is 11.1 Å². The molecule has 1 aromatic carbocycles. The smallest absolute Gasteiger partial charge is 0.341 e. The summed E-state index contributed by atoms with van der Waals surface area (Å²) in [5, 5.41) is 12.4. The highest BCUT2D eigenvalue weighted by Crippen LogP contribution is 2.29. The quantitative estimate of drug-likeness (QED) is 0.715. The molecule has 28 heavy (non-hydrogen) atoms. The van der Waals surface area contributed by atoms with Gasteiger partial charge in [-0.15, -0.1) is 0 Å². The summed E-state index contributed by atoms with van der Waals surface area (Å²) >= 11 is 1.35. The van der Waals surface area contributed by atoms with Crippen LogP contribution in [0.15, 0.2) is 52.5 Å². The molecule has 7 heteroatoms. The Balaban J connectivity index is 2.04. The fourth-order valence-corrected chi connectivity index (χ4v) is 3.05. The molecule has 1 aromatic heterocycles. The molecule has 0 aliphatic carbocycles. The third-order valence-electron chi connectivity index (χ3n) is 4.35. The number of benzene rings is 1. The lowest BCUT2D eigenvalue weighted by Gasteiger charge is -2.27. The highest BCUT2D eigenvalue weighted by atomic mass is 32.2. The number of hydrogen-bond acceptors (Lipinski definition) is 6. The van der Waals surface area contributed by atoms with E-state index in [9.17, 15) is 14.9 Å². The number of nitrogens with one attached hydrogen (secondary N) is 1. The second kappa shape index (κ2) is 9.38. The molecular formula is C21H23N3O3S. The number of carbonyl (C=O) groups is 2. The lowest BCUT2D eigenvalue weighted by molar-refractivity contribution is -0.125. The number of hydrogen-bond donors (Lipinski definition) is 1. The van der Waals surface area contributed by atoms with Crippen LogP contribution in [0.25, 0.3) is 0 Å². The molecule has 6 nitrogen and oxygen atoms in total. The Morgan fingerprint density at radius 2 is 1.96 bits per heavy atom. The third-order valence-corrected chi connectivity index (χ3v) is 5.37. The maximum atomic E-state index is 12.5. The molecule has 1 heterocycles. The zero-order valence-corrected chi connectivity index (χ0v) is 17.2. The van der Waals surface area contributed by atoms with Gasteiger partial charge >= 0.3 is 5.97 Å². The molecule has 2 aromatic rings. The van der Waals surface area contributed by atoms with E-state index in [0.29, 0.717) is 5.03 Å². The molecule has 0 saturated carbocycles. The van der Waals surface area contributed by atoms with Gasteiger partial charge in [-0.05, 0) is 44.0 Å². The summed E-state index contributed by atoms with van der Waals surface area (Å²) in [6, 6.07) is 13.2. The van der Waals surface area contributed by atoms with Gasteiger partial charge in [-0.1, -0.05) is 43.3 Å². The van der Waals surface area contributed by atoms with Crippen LogP contribution < -0.4 is 5.32 Å². The van der Waals surface area contributed by atoms with Crippen LogP contribution in [0.5, 0.6) is 0 Å². The minimum Gasteiger partial charge on any atom is -0.452 e. The fourth-order valence-electron chi connectivity index (χ4n) is 2.18. The van der Waals surface area contributed by atoms with Crippen molar-refractivity contribution >= 4 is 23.6 Å². The van der Waals surface area contributed by atoms with Crippen molar-refractivity contribution in [2.45, 2.75) is 43.2 Å². The molecule has 1 amide bonds. The van der Waals surface area contributed by atoms with Gasteiger partial charge in [0.15, 0.2) is 6.61 Å². The van der Waals surface area contributed by atoms with Crippen molar-refractivity contribution in [3.8, 4) is 6.07 Å². The summed E-state index contributed by atoms with van der Waals surface area (Å²) < 4.78 is 5.14. The molecule has 0 aliphatic heterocycles. The number of aromatic nitrogens is 1. The average Bonchev–Trinajstić information content (AvgIpc) is 2.68. The van der Waals surface area contributed by atoms with Crippen LogP contribution in [0, 0.1) is 24.2 Å². The number of nitriles is 1. The van der Waals surface area contributed by atoms with E-state index in [0.717, 1.165) is 10.5 Å². The maximum absolute atomic E-state index is 12.5. The Bertz CT molecular complexity index is 891. The Hall–Kier alpha value is -2.85. The molecular weight excluding hydrogens is 374 g/mol. The second-order valence-electron chi connectivity index (χ2n) is 6.86. The lowest BCUT2D eigenvalue weighted by atomic mass is 9.90. The second-order valence-corrected chi connectivity index (χ2v) is 7.93. The Kier molecular flexibility index (Phi) is 7.18. The normalized spacial score (nSPS) is 12.7. The Morgan fingerprint density at radius 1 is 1.29 bits per heavy atom. The van der Waals surface area contributed by atoms with Crippen molar-refractivity contribution in [2.75, 3.05) is 6.61 Å². The van der Waals surface area contributed by atoms with Gasteiger partial charge < -0.3 is 10.1 Å². The summed E-state index contributed by atoms with van der Waals surface area (Å²) in [5.41, 5.74) is 0.402. The van der Waals surface area contributed by atoms with Crippen LogP contribution in [0.4, 0.5) is 0 Å². The minimum atomic E-state index is -1.02. The number of nitrogens with zero attached hydrogens (tertiary/aromatic N) is 2. The third kappa shape index (κ3) is 5.57. The van der Waals surface area contributed by atoms with E-state index in [1.54, 1.807) is 25.3 Å². The highest BCUT2D eigenvalue weighted by molar-refractivity contribution is 7.99. The zero-order chi connectivity index (χ0) is 20.7. The first-order chi connectivity index (χ1) is 13.2. The molecule has 146 valence electrons. The van der Waals surface area contributed by atoms with Crippen LogP contribution in [0.1, 0.15) is 36.7 Å². The van der Waals surface area contributed by atoms with Gasteiger partial charge in [-0.25, -0.2) is 9.78 Å². The lowest BCUT2D eigenvalue weighted by Crippen LogP contribution is -2.50. The molecule has 2 rings (SSSR count). The van der Waals surface area contributed by atoms with E-state index >= 15 is 0 Å². The topological polar surface area (TPSA) is 92.1 Å². The van der Waals surface area contributed by atoms with E-state index in [-0.39, 0.29) is 11.5 Å². The molecule has 0 fully saturated rings. The highest BCUT2D eigenvalue weighted by Gasteiger charge is 2.30. The largest absolute Gasteiger partial charge is 0.452 e. The van der Waals surface area contributed by atoms with E-state index in [1.165, 1.54) is 11.8 Å². The first kappa shape index (κ1) is 21.5. The van der Waals surface area contributed by atoms with Crippen molar-refractivity contribution < 1.29 is 14.3 Å². The SMILES string of the molecule is Cc1ccc(Sc2ncccc2C(=O)OCC(=O)N[C@@](C)(C#N)C(C)C)cc1. The van der Waals surface area contributed by atoms with Crippen molar-refractivity contribution in [1.29, 1.82) is 5.26 Å². The van der Waals surface area contributed by atoms with Crippen LogP contribution in [0.2, 0.25) is 0 Å². The fraction of sp³-hybridized carbons (Fsp3) is 0.333. The molecule has 0 radical (unpaired) electrons. The van der Waals surface area contributed by atoms with Crippen LogP contribution in [0.3, 0.4) is 0 Å². The summed E-state index contributed by atoms with van der Waals surface area (Å²) in [4.78, 5) is 29.8. The van der Waals surface area contributed by atoms with Gasteiger partial charge in [-0.2, -0.15) is 5.26 Å². The standard InChI is InChI=1S/C21H23N3O3S/c1-14(2)21(4,13-22)24-18(25)12-27-20(26)17-6-5-11-23-19(17)28-16-9-7-15(3)8-10-16/h5-11,14H,12H2,1-4H3,(H,24,25)/t21-/m0/s1. The number of carbonyl (C=O) groups excluding carboxylic acids is 2. The molecule has 0 spiro atoms. The summed E-state index contributed by atoms with van der Waals surface area (Å²) in [7, 11) is 0. The number of ether oxygens (including phenoxy) is 1. The van der Waals surface area contributed by atoms with Crippen molar-refractivity contribution in [3.05, 3.63) is 53.7 Å². The molecule has 0 saturated heterocycles. The van der Waals surface area contributed by atoms with Crippen LogP contribution >= 0.6 is 11.8 Å². The molecule has 1 N–H and O–H groups in total. The Morgan fingerprint density at radius 3 is 2.57 bits per heavy atom. The van der Waals surface area contributed by atoms with Gasteiger partial charge in [0.05, 0.1) is 11.6 Å².